The lowest BCUT2D eigenvalue weighted by Gasteiger charge is -2.14. The van der Waals surface area contributed by atoms with Crippen LogP contribution in [0.25, 0.3) is 10.1 Å². The maximum Gasteiger partial charge on any atom is 0.414 e. The summed E-state index contributed by atoms with van der Waals surface area (Å²) >= 11 is 1.86. The van der Waals surface area contributed by atoms with Gasteiger partial charge < -0.3 is 20.1 Å². The van der Waals surface area contributed by atoms with Crippen molar-refractivity contribution in [3.8, 4) is 0 Å². The maximum absolute atomic E-state index is 9.44. The van der Waals surface area contributed by atoms with Crippen LogP contribution in [0.3, 0.4) is 0 Å². The minimum atomic E-state index is -1.82. The highest BCUT2D eigenvalue weighted by atomic mass is 32.1. The number of likely N-dealkylation sites (tertiary alicyclic amines) is 1. The molecule has 1 aromatic carbocycles. The Labute approximate surface area is 155 Å². The van der Waals surface area contributed by atoms with Crippen LogP contribution in [0.4, 0.5) is 0 Å². The monoisotopic (exact) mass is 381 g/mol. The molecule has 0 aliphatic carbocycles. The van der Waals surface area contributed by atoms with Crippen molar-refractivity contribution in [1.82, 2.24) is 4.90 Å². The van der Waals surface area contributed by atoms with Crippen molar-refractivity contribution in [3.63, 3.8) is 0 Å². The van der Waals surface area contributed by atoms with E-state index in [1.165, 1.54) is 15.0 Å². The molecule has 1 unspecified atom stereocenters. The van der Waals surface area contributed by atoms with Gasteiger partial charge in [0, 0.05) is 35.6 Å². The molecule has 0 saturated carbocycles. The van der Waals surface area contributed by atoms with E-state index in [0.717, 1.165) is 45.7 Å². The van der Waals surface area contributed by atoms with E-state index in [4.69, 9.17) is 24.5 Å². The normalized spacial score (nSPS) is 17.0. The van der Waals surface area contributed by atoms with E-state index in [1.807, 2.05) is 11.3 Å². The molecule has 2 heterocycles. The lowest BCUT2D eigenvalue weighted by atomic mass is 10.2. The van der Waals surface area contributed by atoms with Crippen molar-refractivity contribution < 1.29 is 29.6 Å². The molecule has 8 heteroatoms. The van der Waals surface area contributed by atoms with E-state index >= 15 is 0 Å². The van der Waals surface area contributed by atoms with Gasteiger partial charge >= 0.3 is 11.9 Å². The predicted octanol–water partition coefficient (Wildman–Crippen LogP) is 1.68. The standard InChI is InChI=1S/C16H21NO2S.C2H2O4/c18-14-5-7-17(12-14)8-10-19-9-6-15-11-13-3-1-2-4-16(13)20-15;3-1(4)2(5)6/h1-4,11,14,18H,5-10,12H2;(H,3,4)(H,5,6). The third kappa shape index (κ3) is 6.72. The highest BCUT2D eigenvalue weighted by molar-refractivity contribution is 7.19. The molecule has 1 aliphatic rings. The first-order valence-corrected chi connectivity index (χ1v) is 9.19. The van der Waals surface area contributed by atoms with Crippen LogP contribution in [0.2, 0.25) is 0 Å². The number of aliphatic hydroxyl groups is 1. The third-order valence-corrected chi connectivity index (χ3v) is 5.13. The number of carboxylic acid groups (broad SMARTS) is 2. The van der Waals surface area contributed by atoms with Gasteiger partial charge in [-0.2, -0.15) is 0 Å². The molecule has 2 aromatic rings. The number of hydrogen-bond acceptors (Lipinski definition) is 6. The van der Waals surface area contributed by atoms with Crippen molar-refractivity contribution >= 4 is 33.4 Å². The Kier molecular flexibility index (Phi) is 7.99. The second-order valence-electron chi connectivity index (χ2n) is 5.97. The Morgan fingerprint density at radius 3 is 2.54 bits per heavy atom. The second-order valence-corrected chi connectivity index (χ2v) is 7.13. The number of ether oxygens (including phenoxy) is 1. The third-order valence-electron chi connectivity index (χ3n) is 3.95. The first-order chi connectivity index (χ1) is 12.5. The number of nitrogens with zero attached hydrogens (tertiary/aromatic N) is 1. The van der Waals surface area contributed by atoms with Crippen LogP contribution in [-0.2, 0) is 20.7 Å². The zero-order valence-electron chi connectivity index (χ0n) is 14.3. The topological polar surface area (TPSA) is 107 Å². The number of aliphatic hydroxyl groups excluding tert-OH is 1. The van der Waals surface area contributed by atoms with Crippen molar-refractivity contribution in [2.24, 2.45) is 0 Å². The molecule has 26 heavy (non-hydrogen) atoms. The molecule has 0 radical (unpaired) electrons. The Hall–Kier alpha value is -2.00. The van der Waals surface area contributed by atoms with Crippen LogP contribution in [-0.4, -0.2) is 71.1 Å². The van der Waals surface area contributed by atoms with E-state index < -0.39 is 11.9 Å². The Balaban J connectivity index is 0.000000352. The molecule has 1 atom stereocenters. The number of rotatable bonds is 6. The first kappa shape index (κ1) is 20.3. The molecule has 0 amide bonds. The molecule has 7 nitrogen and oxygen atoms in total. The number of fused-ring (bicyclic) bond motifs is 1. The van der Waals surface area contributed by atoms with E-state index in [2.05, 4.69) is 35.2 Å². The predicted molar refractivity (Wildman–Crippen MR) is 98.7 cm³/mol. The van der Waals surface area contributed by atoms with Gasteiger partial charge in [-0.05, 0) is 23.9 Å². The molecule has 1 fully saturated rings. The molecule has 3 N–H and O–H groups in total. The van der Waals surface area contributed by atoms with E-state index in [0.29, 0.717) is 0 Å². The lowest BCUT2D eigenvalue weighted by molar-refractivity contribution is -0.159. The Morgan fingerprint density at radius 2 is 1.92 bits per heavy atom. The fourth-order valence-corrected chi connectivity index (χ4v) is 3.69. The molecule has 1 aliphatic heterocycles. The van der Waals surface area contributed by atoms with E-state index in [1.54, 1.807) is 0 Å². The number of benzene rings is 1. The van der Waals surface area contributed by atoms with Crippen LogP contribution in [0.1, 0.15) is 11.3 Å². The van der Waals surface area contributed by atoms with Crippen LogP contribution >= 0.6 is 11.3 Å². The number of carbonyl (C=O) groups is 2. The fourth-order valence-electron chi connectivity index (χ4n) is 2.64. The molecular weight excluding hydrogens is 358 g/mol. The number of thiophene rings is 1. The van der Waals surface area contributed by atoms with Gasteiger partial charge in [0.05, 0.1) is 19.3 Å². The smallest absolute Gasteiger partial charge is 0.414 e. The highest BCUT2D eigenvalue weighted by Crippen LogP contribution is 2.25. The summed E-state index contributed by atoms with van der Waals surface area (Å²) in [5.41, 5.74) is 0. The summed E-state index contributed by atoms with van der Waals surface area (Å²) in [6, 6.07) is 10.8. The summed E-state index contributed by atoms with van der Waals surface area (Å²) < 4.78 is 7.07. The Morgan fingerprint density at radius 1 is 1.19 bits per heavy atom. The largest absolute Gasteiger partial charge is 0.473 e. The van der Waals surface area contributed by atoms with Gasteiger partial charge in [0.1, 0.15) is 0 Å². The average Bonchev–Trinajstić information content (AvgIpc) is 3.20. The van der Waals surface area contributed by atoms with E-state index in [9.17, 15) is 5.11 Å². The molecular formula is C18H23NO6S. The van der Waals surface area contributed by atoms with Gasteiger partial charge in [-0.3, -0.25) is 4.90 Å². The summed E-state index contributed by atoms with van der Waals surface area (Å²) in [5, 5.41) is 25.6. The quantitative estimate of drug-likeness (QED) is 0.516. The van der Waals surface area contributed by atoms with Crippen LogP contribution in [0.15, 0.2) is 30.3 Å². The fraction of sp³-hybridized carbons (Fsp3) is 0.444. The second kappa shape index (κ2) is 10.2. The minimum absolute atomic E-state index is 0.131. The summed E-state index contributed by atoms with van der Waals surface area (Å²) in [7, 11) is 0. The average molecular weight is 381 g/mol. The molecule has 142 valence electrons. The van der Waals surface area contributed by atoms with Crippen molar-refractivity contribution in [2.45, 2.75) is 18.9 Å². The van der Waals surface area contributed by atoms with Crippen LogP contribution in [0, 0.1) is 0 Å². The first-order valence-electron chi connectivity index (χ1n) is 8.37. The summed E-state index contributed by atoms with van der Waals surface area (Å²) in [5.74, 6) is -3.65. The molecule has 0 spiro atoms. The van der Waals surface area contributed by atoms with Gasteiger partial charge in [0.25, 0.3) is 0 Å². The SMILES string of the molecule is O=C(O)C(=O)O.OC1CCN(CCOCCc2cc3ccccc3s2)C1. The van der Waals surface area contributed by atoms with Crippen LogP contribution < -0.4 is 0 Å². The maximum atomic E-state index is 9.44. The van der Waals surface area contributed by atoms with E-state index in [-0.39, 0.29) is 6.10 Å². The zero-order chi connectivity index (χ0) is 18.9. The molecule has 1 aromatic heterocycles. The lowest BCUT2D eigenvalue weighted by Crippen LogP contribution is -2.26. The molecule has 1 saturated heterocycles. The summed E-state index contributed by atoms with van der Waals surface area (Å²) in [6.45, 7) is 4.28. The highest BCUT2D eigenvalue weighted by Gasteiger charge is 2.19. The van der Waals surface area contributed by atoms with Crippen molar-refractivity contribution in [1.29, 1.82) is 0 Å². The Bertz CT molecular complexity index is 686. The summed E-state index contributed by atoms with van der Waals surface area (Å²) in [4.78, 5) is 21.9. The van der Waals surface area contributed by atoms with Gasteiger partial charge in [-0.25, -0.2) is 9.59 Å². The van der Waals surface area contributed by atoms with Gasteiger partial charge in [-0.15, -0.1) is 11.3 Å². The van der Waals surface area contributed by atoms with Crippen molar-refractivity contribution in [3.05, 3.63) is 35.2 Å². The van der Waals surface area contributed by atoms with Gasteiger partial charge in [0.2, 0.25) is 0 Å². The van der Waals surface area contributed by atoms with Crippen LogP contribution in [0.5, 0.6) is 0 Å². The zero-order valence-corrected chi connectivity index (χ0v) is 15.2. The van der Waals surface area contributed by atoms with Crippen molar-refractivity contribution in [2.75, 3.05) is 32.8 Å². The van der Waals surface area contributed by atoms with Gasteiger partial charge in [0.15, 0.2) is 0 Å². The number of carboxylic acids is 2. The molecule has 0 bridgehead atoms. The number of aliphatic carboxylic acids is 2. The minimum Gasteiger partial charge on any atom is -0.473 e. The van der Waals surface area contributed by atoms with Gasteiger partial charge in [-0.1, -0.05) is 18.2 Å². The summed E-state index contributed by atoms with van der Waals surface area (Å²) in [6.07, 6.45) is 1.76. The molecule has 3 rings (SSSR count). The number of hydrogen-bond donors (Lipinski definition) is 3. The number of β-amino-alcohol motifs (C(OH)–C–C–N with tert-alkyl or cyclic N) is 1.